The van der Waals surface area contributed by atoms with Gasteiger partial charge in [0.15, 0.2) is 5.16 Å². The zero-order valence-corrected chi connectivity index (χ0v) is 20.1. The van der Waals surface area contributed by atoms with Crippen molar-refractivity contribution in [3.05, 3.63) is 35.2 Å². The number of aromatic nitrogens is 3. The number of rotatable bonds is 8. The fraction of sp³-hybridized carbons (Fsp3) is 0.583. The van der Waals surface area contributed by atoms with Crippen molar-refractivity contribution in [2.24, 2.45) is 5.92 Å². The molecular weight excluding hydrogens is 422 g/mol. The molecule has 1 aliphatic heterocycles. The number of nitrogens with one attached hydrogen (secondary N) is 1. The number of carbonyl (C=O) groups excluding carboxylic acids is 2. The minimum atomic E-state index is -0.298. The molecule has 1 aromatic heterocycles. The third-order valence-corrected chi connectivity index (χ3v) is 7.49. The quantitative estimate of drug-likeness (QED) is 0.483. The van der Waals surface area contributed by atoms with Gasteiger partial charge < -0.3 is 14.8 Å². The number of hydrogen-bond donors (Lipinski definition) is 1. The molecule has 1 aromatic carbocycles. The first kappa shape index (κ1) is 22.8. The van der Waals surface area contributed by atoms with Crippen LogP contribution in [0.1, 0.15) is 61.5 Å². The highest BCUT2D eigenvalue weighted by Gasteiger charge is 2.35. The van der Waals surface area contributed by atoms with Gasteiger partial charge >= 0.3 is 0 Å². The van der Waals surface area contributed by atoms with Gasteiger partial charge in [-0.1, -0.05) is 36.7 Å². The lowest BCUT2D eigenvalue weighted by molar-refractivity contribution is -0.126. The van der Waals surface area contributed by atoms with E-state index >= 15 is 0 Å². The van der Waals surface area contributed by atoms with E-state index in [1.807, 2.05) is 38.3 Å². The number of nitrogens with zero attached hydrogens (tertiary/aromatic N) is 4. The summed E-state index contributed by atoms with van der Waals surface area (Å²) in [7, 11) is 0. The molecule has 0 spiro atoms. The summed E-state index contributed by atoms with van der Waals surface area (Å²) in [6, 6.07) is 6.48. The van der Waals surface area contributed by atoms with Gasteiger partial charge in [-0.3, -0.25) is 9.59 Å². The van der Waals surface area contributed by atoms with Crippen LogP contribution in [0.15, 0.2) is 23.4 Å². The highest BCUT2D eigenvalue weighted by Crippen LogP contribution is 2.33. The molecule has 7 nitrogen and oxygen atoms in total. The Morgan fingerprint density at radius 2 is 2.00 bits per heavy atom. The second kappa shape index (κ2) is 10.1. The normalized spacial score (nSPS) is 19.2. The summed E-state index contributed by atoms with van der Waals surface area (Å²) >= 11 is 1.65. The Hall–Kier alpha value is -2.35. The number of thioether (sulfide) groups is 1. The molecule has 1 aliphatic carbocycles. The van der Waals surface area contributed by atoms with E-state index in [0.29, 0.717) is 19.1 Å². The minimum Gasteiger partial charge on any atom is -0.356 e. The lowest BCUT2D eigenvalue weighted by atomic mass is 10.1. The first-order valence-electron chi connectivity index (χ1n) is 11.6. The molecule has 32 heavy (non-hydrogen) atoms. The number of carbonyl (C=O) groups is 2. The Labute approximate surface area is 194 Å². The smallest absolute Gasteiger partial charge is 0.227 e. The Kier molecular flexibility index (Phi) is 7.18. The molecule has 0 unspecified atom stereocenters. The van der Waals surface area contributed by atoms with Crippen molar-refractivity contribution in [1.29, 1.82) is 0 Å². The van der Waals surface area contributed by atoms with Crippen LogP contribution in [0.2, 0.25) is 0 Å². The third kappa shape index (κ3) is 4.70. The second-order valence-electron chi connectivity index (χ2n) is 8.93. The van der Waals surface area contributed by atoms with Gasteiger partial charge in [0, 0.05) is 37.7 Å². The monoisotopic (exact) mass is 455 g/mol. The van der Waals surface area contributed by atoms with E-state index in [9.17, 15) is 9.59 Å². The summed E-state index contributed by atoms with van der Waals surface area (Å²) in [5.74, 6) is 0.710. The van der Waals surface area contributed by atoms with Crippen LogP contribution in [-0.2, 0) is 16.0 Å². The SMILES string of the molecule is CSc1nnc(CCCNC(=O)[C@@H]2CC(=O)N(c3cccc(C)c3C)C2)n1C1CCCC1. The summed E-state index contributed by atoms with van der Waals surface area (Å²) in [6.45, 7) is 5.10. The highest BCUT2D eigenvalue weighted by atomic mass is 32.2. The lowest BCUT2D eigenvalue weighted by Crippen LogP contribution is -2.34. The van der Waals surface area contributed by atoms with Crippen molar-refractivity contribution in [2.45, 2.75) is 70.0 Å². The second-order valence-corrected chi connectivity index (χ2v) is 9.70. The molecule has 2 amide bonds. The summed E-state index contributed by atoms with van der Waals surface area (Å²) in [5.41, 5.74) is 3.16. The van der Waals surface area contributed by atoms with Crippen LogP contribution in [0.4, 0.5) is 5.69 Å². The maximum absolute atomic E-state index is 12.7. The lowest BCUT2D eigenvalue weighted by Gasteiger charge is -2.20. The van der Waals surface area contributed by atoms with Crippen molar-refractivity contribution >= 4 is 29.3 Å². The summed E-state index contributed by atoms with van der Waals surface area (Å²) in [4.78, 5) is 27.1. The van der Waals surface area contributed by atoms with Gasteiger partial charge in [-0.15, -0.1) is 10.2 Å². The molecular formula is C24H33N5O2S. The topological polar surface area (TPSA) is 80.1 Å². The van der Waals surface area contributed by atoms with Crippen LogP contribution in [-0.4, -0.2) is 45.9 Å². The summed E-state index contributed by atoms with van der Waals surface area (Å²) in [5, 5.41) is 12.8. The van der Waals surface area contributed by atoms with Crippen molar-refractivity contribution in [3.63, 3.8) is 0 Å². The molecule has 1 saturated heterocycles. The maximum atomic E-state index is 12.7. The molecule has 2 heterocycles. The molecule has 4 rings (SSSR count). The average molecular weight is 456 g/mol. The van der Waals surface area contributed by atoms with Crippen molar-refractivity contribution in [3.8, 4) is 0 Å². The van der Waals surface area contributed by atoms with Crippen LogP contribution >= 0.6 is 11.8 Å². The van der Waals surface area contributed by atoms with Gasteiger partial charge in [-0.25, -0.2) is 0 Å². The standard InChI is InChI=1S/C24H33N5O2S/c1-16-8-6-11-20(17(16)2)28-15-18(14-22(28)30)23(31)25-13-7-12-21-26-27-24(32-3)29(21)19-9-4-5-10-19/h6,8,11,18-19H,4-5,7,9-10,12-15H2,1-3H3,(H,25,31)/t18-/m1/s1. The number of anilines is 1. The first-order valence-corrected chi connectivity index (χ1v) is 12.8. The van der Waals surface area contributed by atoms with Gasteiger partial charge in [0.1, 0.15) is 5.82 Å². The van der Waals surface area contributed by atoms with Gasteiger partial charge in [-0.05, 0) is 56.6 Å². The molecule has 172 valence electrons. The van der Waals surface area contributed by atoms with E-state index in [-0.39, 0.29) is 24.2 Å². The minimum absolute atomic E-state index is 0.0214. The zero-order chi connectivity index (χ0) is 22.7. The van der Waals surface area contributed by atoms with Gasteiger partial charge in [-0.2, -0.15) is 0 Å². The predicted molar refractivity (Wildman–Crippen MR) is 127 cm³/mol. The van der Waals surface area contributed by atoms with E-state index in [1.165, 1.54) is 25.7 Å². The van der Waals surface area contributed by atoms with Gasteiger partial charge in [0.2, 0.25) is 11.8 Å². The Morgan fingerprint density at radius 1 is 1.22 bits per heavy atom. The van der Waals surface area contributed by atoms with Crippen molar-refractivity contribution < 1.29 is 9.59 Å². The van der Waals surface area contributed by atoms with Crippen LogP contribution in [0, 0.1) is 19.8 Å². The number of benzene rings is 1. The fourth-order valence-electron chi connectivity index (χ4n) is 4.89. The molecule has 0 bridgehead atoms. The maximum Gasteiger partial charge on any atom is 0.227 e. The molecule has 1 atom stereocenters. The van der Waals surface area contributed by atoms with E-state index < -0.39 is 0 Å². The van der Waals surface area contributed by atoms with Crippen molar-refractivity contribution in [2.75, 3.05) is 24.2 Å². The van der Waals surface area contributed by atoms with Crippen LogP contribution in [0.5, 0.6) is 0 Å². The van der Waals surface area contributed by atoms with Crippen LogP contribution < -0.4 is 10.2 Å². The predicted octanol–water partition coefficient (Wildman–Crippen LogP) is 3.83. The van der Waals surface area contributed by atoms with E-state index in [4.69, 9.17) is 0 Å². The summed E-state index contributed by atoms with van der Waals surface area (Å²) in [6.07, 6.45) is 8.85. The molecule has 0 radical (unpaired) electrons. The molecule has 1 saturated carbocycles. The molecule has 2 aromatic rings. The number of hydrogen-bond acceptors (Lipinski definition) is 5. The third-order valence-electron chi connectivity index (χ3n) is 6.85. The highest BCUT2D eigenvalue weighted by molar-refractivity contribution is 7.98. The Balaban J connectivity index is 1.29. The van der Waals surface area contributed by atoms with Gasteiger partial charge in [0.25, 0.3) is 0 Å². The van der Waals surface area contributed by atoms with Gasteiger partial charge in [0.05, 0.1) is 5.92 Å². The first-order chi connectivity index (χ1) is 15.5. The fourth-order valence-corrected chi connectivity index (χ4v) is 5.47. The zero-order valence-electron chi connectivity index (χ0n) is 19.3. The largest absolute Gasteiger partial charge is 0.356 e. The molecule has 8 heteroatoms. The molecule has 1 N–H and O–H groups in total. The van der Waals surface area contributed by atoms with Crippen LogP contribution in [0.25, 0.3) is 0 Å². The number of amides is 2. The number of aryl methyl sites for hydroxylation is 2. The van der Waals surface area contributed by atoms with Crippen LogP contribution in [0.3, 0.4) is 0 Å². The van der Waals surface area contributed by atoms with Crippen molar-refractivity contribution in [1.82, 2.24) is 20.1 Å². The van der Waals surface area contributed by atoms with E-state index in [0.717, 1.165) is 40.6 Å². The Morgan fingerprint density at radius 3 is 2.75 bits per heavy atom. The molecule has 2 fully saturated rings. The summed E-state index contributed by atoms with van der Waals surface area (Å²) < 4.78 is 2.32. The average Bonchev–Trinajstić information content (AvgIpc) is 3.52. The molecule has 2 aliphatic rings. The van der Waals surface area contributed by atoms with E-state index in [1.54, 1.807) is 16.7 Å². The Bertz CT molecular complexity index is 983. The van der Waals surface area contributed by atoms with E-state index in [2.05, 4.69) is 20.1 Å².